The van der Waals surface area contributed by atoms with Crippen molar-refractivity contribution in [2.75, 3.05) is 4.72 Å². The first kappa shape index (κ1) is 14.2. The molecule has 2 N–H and O–H groups in total. The van der Waals surface area contributed by atoms with Gasteiger partial charge in [0, 0.05) is 0 Å². The number of carboxylic acids is 1. The number of nitrogens with one attached hydrogen (secondary N) is 1. The number of halogens is 4. The number of carbonyl (C=O) groups is 1. The number of benzene rings is 1. The molecule has 0 amide bonds. The highest BCUT2D eigenvalue weighted by Crippen LogP contribution is 2.28. The van der Waals surface area contributed by atoms with Crippen LogP contribution in [-0.2, 0) is 10.0 Å². The van der Waals surface area contributed by atoms with Gasteiger partial charge in [-0.3, -0.25) is 4.72 Å². The summed E-state index contributed by atoms with van der Waals surface area (Å²) in [5.74, 6) is -3.20. The number of aromatic carboxylic acids is 1. The van der Waals surface area contributed by atoms with Gasteiger partial charge in [-0.05, 0) is 12.1 Å². The van der Waals surface area contributed by atoms with Crippen molar-refractivity contribution in [3.8, 4) is 0 Å². The van der Waals surface area contributed by atoms with E-state index < -0.39 is 38.6 Å². The van der Waals surface area contributed by atoms with Gasteiger partial charge >= 0.3 is 21.5 Å². The van der Waals surface area contributed by atoms with E-state index in [9.17, 15) is 30.8 Å². The first-order valence-electron chi connectivity index (χ1n) is 4.17. The molecule has 0 aromatic heterocycles. The van der Waals surface area contributed by atoms with Gasteiger partial charge in [-0.1, -0.05) is 6.07 Å². The second-order valence-electron chi connectivity index (χ2n) is 3.02. The maximum atomic E-state index is 13.2. The van der Waals surface area contributed by atoms with E-state index in [1.807, 2.05) is 0 Å². The minimum Gasteiger partial charge on any atom is -0.478 e. The SMILES string of the molecule is O=C(O)c1cccc(F)c1NS(=O)(=O)C(F)(F)F. The number of para-hydroxylation sites is 1. The Morgan fingerprint density at radius 2 is 1.83 bits per heavy atom. The van der Waals surface area contributed by atoms with Crippen LogP contribution in [0.25, 0.3) is 0 Å². The van der Waals surface area contributed by atoms with E-state index in [4.69, 9.17) is 5.11 Å². The molecule has 0 atom stereocenters. The van der Waals surface area contributed by atoms with Crippen LogP contribution in [0.5, 0.6) is 0 Å². The lowest BCUT2D eigenvalue weighted by Gasteiger charge is -2.12. The zero-order chi connectivity index (χ0) is 14.1. The van der Waals surface area contributed by atoms with Gasteiger partial charge < -0.3 is 5.11 Å². The fourth-order valence-electron chi connectivity index (χ4n) is 0.998. The Hall–Kier alpha value is -1.84. The van der Waals surface area contributed by atoms with Gasteiger partial charge in [-0.15, -0.1) is 0 Å². The van der Waals surface area contributed by atoms with E-state index in [-0.39, 0.29) is 0 Å². The molecule has 0 unspecified atom stereocenters. The largest absolute Gasteiger partial charge is 0.516 e. The van der Waals surface area contributed by atoms with Gasteiger partial charge in [-0.25, -0.2) is 9.18 Å². The molecule has 0 radical (unpaired) electrons. The van der Waals surface area contributed by atoms with Crippen molar-refractivity contribution in [1.29, 1.82) is 0 Å². The molecule has 1 rings (SSSR count). The van der Waals surface area contributed by atoms with Gasteiger partial charge in [0.05, 0.1) is 11.3 Å². The van der Waals surface area contributed by atoms with Crippen molar-refractivity contribution in [2.24, 2.45) is 0 Å². The van der Waals surface area contributed by atoms with Crippen LogP contribution in [0.2, 0.25) is 0 Å². The highest BCUT2D eigenvalue weighted by molar-refractivity contribution is 7.93. The predicted octanol–water partition coefficient (Wildman–Crippen LogP) is 1.79. The number of sulfonamides is 1. The van der Waals surface area contributed by atoms with E-state index in [1.54, 1.807) is 0 Å². The summed E-state index contributed by atoms with van der Waals surface area (Å²) in [6.07, 6.45) is 0. The van der Waals surface area contributed by atoms with E-state index in [0.717, 1.165) is 16.9 Å². The maximum Gasteiger partial charge on any atom is 0.516 e. The van der Waals surface area contributed by atoms with E-state index in [0.29, 0.717) is 6.07 Å². The third kappa shape index (κ3) is 2.70. The molecule has 0 aliphatic carbocycles. The van der Waals surface area contributed by atoms with Crippen molar-refractivity contribution in [3.05, 3.63) is 29.6 Å². The molecule has 1 aromatic rings. The molecule has 10 heteroatoms. The molecule has 0 fully saturated rings. The van der Waals surface area contributed by atoms with Gasteiger partial charge in [0.25, 0.3) is 0 Å². The smallest absolute Gasteiger partial charge is 0.478 e. The Kier molecular flexibility index (Phi) is 3.51. The monoisotopic (exact) mass is 287 g/mol. The van der Waals surface area contributed by atoms with E-state index in [2.05, 4.69) is 0 Å². The summed E-state index contributed by atoms with van der Waals surface area (Å²) in [6, 6.07) is 2.31. The average molecular weight is 287 g/mol. The normalized spacial score (nSPS) is 12.2. The minimum atomic E-state index is -5.88. The summed E-state index contributed by atoms with van der Waals surface area (Å²) >= 11 is 0. The van der Waals surface area contributed by atoms with Crippen molar-refractivity contribution in [1.82, 2.24) is 0 Å². The van der Waals surface area contributed by atoms with Crippen molar-refractivity contribution in [3.63, 3.8) is 0 Å². The second-order valence-corrected chi connectivity index (χ2v) is 4.69. The van der Waals surface area contributed by atoms with Crippen LogP contribution in [0.1, 0.15) is 10.4 Å². The molecule has 100 valence electrons. The lowest BCUT2D eigenvalue weighted by Crippen LogP contribution is -2.31. The number of hydrogen-bond donors (Lipinski definition) is 2. The maximum absolute atomic E-state index is 13.2. The summed E-state index contributed by atoms with van der Waals surface area (Å²) in [5, 5.41) is 8.61. The van der Waals surface area contributed by atoms with Gasteiger partial charge in [-0.2, -0.15) is 21.6 Å². The molecule has 5 nitrogen and oxygen atoms in total. The fourth-order valence-corrected chi connectivity index (χ4v) is 1.59. The molecule has 0 saturated heterocycles. The molecule has 0 aliphatic heterocycles. The standard InChI is InChI=1S/C8H5F4NO4S/c9-5-3-1-2-4(7(14)15)6(5)13-18(16,17)8(10,11)12/h1-3,13H,(H,14,15). The summed E-state index contributed by atoms with van der Waals surface area (Å²) in [7, 11) is -5.88. The van der Waals surface area contributed by atoms with Crippen LogP contribution in [0.15, 0.2) is 18.2 Å². The Bertz CT molecular complexity index is 581. The van der Waals surface area contributed by atoms with Crippen molar-refractivity contribution < 1.29 is 35.9 Å². The number of hydrogen-bond acceptors (Lipinski definition) is 3. The second kappa shape index (κ2) is 4.44. The Morgan fingerprint density at radius 1 is 1.28 bits per heavy atom. The predicted molar refractivity (Wildman–Crippen MR) is 52.0 cm³/mol. The third-order valence-corrected chi connectivity index (χ3v) is 2.87. The number of anilines is 1. The lowest BCUT2D eigenvalue weighted by atomic mass is 10.2. The van der Waals surface area contributed by atoms with Crippen molar-refractivity contribution in [2.45, 2.75) is 5.51 Å². The molecule has 18 heavy (non-hydrogen) atoms. The highest BCUT2D eigenvalue weighted by Gasteiger charge is 2.46. The number of carboxylic acid groups (broad SMARTS) is 1. The first-order chi connectivity index (χ1) is 8.06. The van der Waals surface area contributed by atoms with Crippen LogP contribution in [0, 0.1) is 5.82 Å². The van der Waals surface area contributed by atoms with Crippen LogP contribution in [0.4, 0.5) is 23.2 Å². The van der Waals surface area contributed by atoms with Crippen LogP contribution < -0.4 is 4.72 Å². The molecule has 0 saturated carbocycles. The lowest BCUT2D eigenvalue weighted by molar-refractivity contribution is -0.0429. The molecule has 0 aliphatic rings. The van der Waals surface area contributed by atoms with Gasteiger partial charge in [0.15, 0.2) is 0 Å². The Morgan fingerprint density at radius 3 is 2.28 bits per heavy atom. The Balaban J connectivity index is 3.33. The molecular formula is C8H5F4NO4S. The summed E-state index contributed by atoms with van der Waals surface area (Å²) in [4.78, 5) is 10.6. The highest BCUT2D eigenvalue weighted by atomic mass is 32.2. The van der Waals surface area contributed by atoms with Crippen LogP contribution in [-0.4, -0.2) is 25.0 Å². The molecule has 0 bridgehead atoms. The Labute approximate surface area is 98.1 Å². The molecule has 1 aromatic carbocycles. The zero-order valence-corrected chi connectivity index (χ0v) is 9.14. The minimum absolute atomic E-state index is 0.626. The summed E-state index contributed by atoms with van der Waals surface area (Å²) in [6.45, 7) is 0. The topological polar surface area (TPSA) is 83.5 Å². The van der Waals surface area contributed by atoms with Crippen LogP contribution >= 0.6 is 0 Å². The van der Waals surface area contributed by atoms with E-state index >= 15 is 0 Å². The zero-order valence-electron chi connectivity index (χ0n) is 8.32. The number of rotatable bonds is 3. The average Bonchev–Trinajstić information content (AvgIpc) is 2.18. The summed E-state index contributed by atoms with van der Waals surface area (Å²) < 4.78 is 71.7. The fraction of sp³-hybridized carbons (Fsp3) is 0.125. The molecular weight excluding hydrogens is 282 g/mol. The summed E-state index contributed by atoms with van der Waals surface area (Å²) in [5.41, 5.74) is -7.87. The van der Waals surface area contributed by atoms with Gasteiger partial charge in [0.2, 0.25) is 0 Å². The van der Waals surface area contributed by atoms with Crippen LogP contribution in [0.3, 0.4) is 0 Å². The van der Waals surface area contributed by atoms with Gasteiger partial charge in [0.1, 0.15) is 5.82 Å². The molecule has 0 heterocycles. The van der Waals surface area contributed by atoms with Crippen molar-refractivity contribution >= 4 is 21.7 Å². The number of alkyl halides is 3. The first-order valence-corrected chi connectivity index (χ1v) is 5.65. The third-order valence-electron chi connectivity index (χ3n) is 1.79. The molecule has 0 spiro atoms. The van der Waals surface area contributed by atoms with E-state index in [1.165, 1.54) is 0 Å². The quantitative estimate of drug-likeness (QED) is 0.830.